The summed E-state index contributed by atoms with van der Waals surface area (Å²) in [5.74, 6) is 1.75. The van der Waals surface area contributed by atoms with Crippen molar-refractivity contribution in [2.75, 3.05) is 20.2 Å². The maximum Gasteiger partial charge on any atom is 0.118 e. The van der Waals surface area contributed by atoms with Gasteiger partial charge in [0.15, 0.2) is 0 Å². The molecule has 2 heteroatoms. The number of ether oxygens (including phenoxy) is 1. The lowest BCUT2D eigenvalue weighted by atomic mass is 9.98. The van der Waals surface area contributed by atoms with Gasteiger partial charge >= 0.3 is 0 Å². The summed E-state index contributed by atoms with van der Waals surface area (Å²) in [6.45, 7) is 2.41. The lowest BCUT2D eigenvalue weighted by molar-refractivity contribution is 0.414. The highest BCUT2D eigenvalue weighted by Gasteiger charge is 2.55. The second-order valence-electron chi connectivity index (χ2n) is 4.82. The molecule has 1 spiro atoms. The Bertz CT molecular complexity index is 351. The van der Waals surface area contributed by atoms with Crippen molar-refractivity contribution in [2.45, 2.75) is 18.8 Å². The van der Waals surface area contributed by atoms with Gasteiger partial charge in [-0.25, -0.2) is 0 Å². The average molecular weight is 203 g/mol. The van der Waals surface area contributed by atoms with Gasteiger partial charge in [0, 0.05) is 6.54 Å². The van der Waals surface area contributed by atoms with Gasteiger partial charge in [0.25, 0.3) is 0 Å². The van der Waals surface area contributed by atoms with Gasteiger partial charge in [-0.2, -0.15) is 0 Å². The van der Waals surface area contributed by atoms with Crippen LogP contribution in [0.25, 0.3) is 0 Å². The van der Waals surface area contributed by atoms with Gasteiger partial charge in [-0.15, -0.1) is 0 Å². The summed E-state index contributed by atoms with van der Waals surface area (Å²) >= 11 is 0. The van der Waals surface area contributed by atoms with E-state index in [1.54, 1.807) is 7.11 Å². The third-order valence-electron chi connectivity index (χ3n) is 3.98. The Hall–Kier alpha value is -1.02. The van der Waals surface area contributed by atoms with E-state index in [4.69, 9.17) is 4.74 Å². The Kier molecular flexibility index (Phi) is 1.99. The molecule has 0 amide bonds. The van der Waals surface area contributed by atoms with Crippen molar-refractivity contribution in [3.63, 3.8) is 0 Å². The second-order valence-corrected chi connectivity index (χ2v) is 4.82. The maximum absolute atomic E-state index is 5.17. The van der Waals surface area contributed by atoms with Crippen molar-refractivity contribution in [3.8, 4) is 5.75 Å². The molecular formula is C13H17NO. The molecule has 2 fully saturated rings. The number of hydrogen-bond acceptors (Lipinski definition) is 2. The molecule has 1 aliphatic carbocycles. The quantitative estimate of drug-likeness (QED) is 0.795. The van der Waals surface area contributed by atoms with Gasteiger partial charge in [0.05, 0.1) is 7.11 Å². The summed E-state index contributed by atoms with van der Waals surface area (Å²) in [6, 6.07) is 8.58. The van der Waals surface area contributed by atoms with Crippen LogP contribution in [0.2, 0.25) is 0 Å². The SMILES string of the molecule is COc1ccc(C2CC23CCNC3)cc1. The van der Waals surface area contributed by atoms with Crippen molar-refractivity contribution in [1.29, 1.82) is 0 Å². The molecule has 1 saturated carbocycles. The first-order valence-corrected chi connectivity index (χ1v) is 5.69. The van der Waals surface area contributed by atoms with Gasteiger partial charge < -0.3 is 10.1 Å². The first kappa shape index (κ1) is 9.22. The van der Waals surface area contributed by atoms with Crippen LogP contribution in [0, 0.1) is 5.41 Å². The summed E-state index contributed by atoms with van der Waals surface area (Å²) in [4.78, 5) is 0. The molecule has 0 bridgehead atoms. The molecule has 1 aromatic carbocycles. The fraction of sp³-hybridized carbons (Fsp3) is 0.538. The zero-order valence-corrected chi connectivity index (χ0v) is 9.12. The van der Waals surface area contributed by atoms with E-state index in [1.165, 1.54) is 31.5 Å². The average Bonchev–Trinajstić information content (AvgIpc) is 2.77. The van der Waals surface area contributed by atoms with E-state index in [1.807, 2.05) is 0 Å². The van der Waals surface area contributed by atoms with Crippen LogP contribution in [0.5, 0.6) is 5.75 Å². The molecule has 2 nitrogen and oxygen atoms in total. The van der Waals surface area contributed by atoms with Crippen LogP contribution < -0.4 is 10.1 Å². The summed E-state index contributed by atoms with van der Waals surface area (Å²) < 4.78 is 5.17. The molecule has 0 radical (unpaired) electrons. The number of hydrogen-bond donors (Lipinski definition) is 1. The fourth-order valence-corrected chi connectivity index (χ4v) is 2.89. The minimum absolute atomic E-state index is 0.606. The van der Waals surface area contributed by atoms with Gasteiger partial charge in [0.1, 0.15) is 5.75 Å². The topological polar surface area (TPSA) is 21.3 Å². The zero-order chi connectivity index (χ0) is 10.3. The van der Waals surface area contributed by atoms with E-state index >= 15 is 0 Å². The largest absolute Gasteiger partial charge is 0.497 e. The molecule has 2 aliphatic rings. The van der Waals surface area contributed by atoms with E-state index in [9.17, 15) is 0 Å². The van der Waals surface area contributed by atoms with Crippen LogP contribution in [-0.4, -0.2) is 20.2 Å². The third-order valence-corrected chi connectivity index (χ3v) is 3.98. The summed E-state index contributed by atoms with van der Waals surface area (Å²) in [5.41, 5.74) is 2.09. The Balaban J connectivity index is 1.78. The first-order chi connectivity index (χ1) is 7.34. The van der Waals surface area contributed by atoms with E-state index in [0.29, 0.717) is 5.41 Å². The summed E-state index contributed by atoms with van der Waals surface area (Å²) in [6.07, 6.45) is 2.72. The van der Waals surface area contributed by atoms with Gasteiger partial charge in [0.2, 0.25) is 0 Å². The molecule has 1 saturated heterocycles. The fourth-order valence-electron chi connectivity index (χ4n) is 2.89. The van der Waals surface area contributed by atoms with Crippen molar-refractivity contribution in [1.82, 2.24) is 5.32 Å². The normalized spacial score (nSPS) is 33.3. The van der Waals surface area contributed by atoms with Crippen molar-refractivity contribution in [3.05, 3.63) is 29.8 Å². The zero-order valence-electron chi connectivity index (χ0n) is 9.12. The van der Waals surface area contributed by atoms with Crippen LogP contribution >= 0.6 is 0 Å². The second kappa shape index (κ2) is 3.24. The van der Waals surface area contributed by atoms with Crippen LogP contribution in [0.3, 0.4) is 0 Å². The Morgan fingerprint density at radius 1 is 1.33 bits per heavy atom. The van der Waals surface area contributed by atoms with Crippen LogP contribution in [0.1, 0.15) is 24.3 Å². The number of methoxy groups -OCH3 is 1. The molecule has 1 N–H and O–H groups in total. The minimum Gasteiger partial charge on any atom is -0.497 e. The third kappa shape index (κ3) is 1.44. The Labute approximate surface area is 90.6 Å². The van der Waals surface area contributed by atoms with Gasteiger partial charge in [-0.05, 0) is 48.4 Å². The van der Waals surface area contributed by atoms with Crippen molar-refractivity contribution in [2.24, 2.45) is 5.41 Å². The van der Waals surface area contributed by atoms with Crippen LogP contribution in [0.4, 0.5) is 0 Å². The Morgan fingerprint density at radius 2 is 2.13 bits per heavy atom. The standard InChI is InChI=1S/C13H17NO/c1-15-11-4-2-10(3-5-11)12-8-13(12)6-7-14-9-13/h2-5,12,14H,6-9H2,1H3. The van der Waals surface area contributed by atoms with E-state index in [0.717, 1.165) is 11.7 Å². The summed E-state index contributed by atoms with van der Waals surface area (Å²) in [5, 5.41) is 3.47. The Morgan fingerprint density at radius 3 is 2.73 bits per heavy atom. The monoisotopic (exact) mass is 203 g/mol. The lowest BCUT2D eigenvalue weighted by Crippen LogP contribution is -2.10. The van der Waals surface area contributed by atoms with E-state index in [2.05, 4.69) is 29.6 Å². The predicted molar refractivity (Wildman–Crippen MR) is 60.3 cm³/mol. The molecule has 1 aliphatic heterocycles. The highest BCUT2D eigenvalue weighted by molar-refractivity contribution is 5.35. The summed E-state index contributed by atoms with van der Waals surface area (Å²) in [7, 11) is 1.72. The molecule has 2 unspecified atom stereocenters. The highest BCUT2D eigenvalue weighted by Crippen LogP contribution is 2.62. The smallest absolute Gasteiger partial charge is 0.118 e. The highest BCUT2D eigenvalue weighted by atomic mass is 16.5. The van der Waals surface area contributed by atoms with E-state index in [-0.39, 0.29) is 0 Å². The molecule has 3 rings (SSSR count). The molecule has 0 aromatic heterocycles. The van der Waals surface area contributed by atoms with Crippen molar-refractivity contribution >= 4 is 0 Å². The van der Waals surface area contributed by atoms with Crippen LogP contribution in [-0.2, 0) is 0 Å². The number of nitrogens with one attached hydrogen (secondary N) is 1. The van der Waals surface area contributed by atoms with Crippen LogP contribution in [0.15, 0.2) is 24.3 Å². The molecular weight excluding hydrogens is 186 g/mol. The van der Waals surface area contributed by atoms with Gasteiger partial charge in [-0.1, -0.05) is 12.1 Å². The van der Waals surface area contributed by atoms with Gasteiger partial charge in [-0.3, -0.25) is 0 Å². The maximum atomic E-state index is 5.17. The molecule has 80 valence electrons. The number of rotatable bonds is 2. The first-order valence-electron chi connectivity index (χ1n) is 5.69. The molecule has 1 heterocycles. The van der Waals surface area contributed by atoms with E-state index < -0.39 is 0 Å². The lowest BCUT2D eigenvalue weighted by Gasteiger charge is -2.07. The predicted octanol–water partition coefficient (Wildman–Crippen LogP) is 2.16. The molecule has 2 atom stereocenters. The molecule has 1 aromatic rings. The molecule has 15 heavy (non-hydrogen) atoms. The van der Waals surface area contributed by atoms with Crippen molar-refractivity contribution < 1.29 is 4.74 Å². The minimum atomic E-state index is 0.606. The number of benzene rings is 1.